The molecule has 1 aliphatic heterocycles. The molecule has 1 aromatic heterocycles. The zero-order chi connectivity index (χ0) is 14.8. The Bertz CT molecular complexity index is 470. The van der Waals surface area contributed by atoms with Crippen LogP contribution in [0.1, 0.15) is 54.5 Å². The number of carbonyl (C=O) groups excluding carboxylic acids is 1. The summed E-state index contributed by atoms with van der Waals surface area (Å²) in [5.74, 6) is 0.163. The Labute approximate surface area is 125 Å². The van der Waals surface area contributed by atoms with E-state index in [1.54, 1.807) is 11.3 Å². The Morgan fingerprint density at radius 3 is 2.55 bits per heavy atom. The monoisotopic (exact) mass is 295 g/mol. The lowest BCUT2D eigenvalue weighted by molar-refractivity contribution is 0.0738. The Kier molecular flexibility index (Phi) is 4.81. The van der Waals surface area contributed by atoms with Crippen LogP contribution in [0.15, 0.2) is 0 Å². The summed E-state index contributed by atoms with van der Waals surface area (Å²) in [7, 11) is 0. The van der Waals surface area contributed by atoms with Gasteiger partial charge < -0.3 is 10.2 Å². The van der Waals surface area contributed by atoms with E-state index in [0.29, 0.717) is 0 Å². The number of thiazole rings is 1. The van der Waals surface area contributed by atoms with Crippen molar-refractivity contribution < 1.29 is 4.79 Å². The van der Waals surface area contributed by atoms with Crippen LogP contribution < -0.4 is 5.32 Å². The maximum absolute atomic E-state index is 12.8. The van der Waals surface area contributed by atoms with Crippen molar-refractivity contribution >= 4 is 17.2 Å². The molecule has 0 bridgehead atoms. The van der Waals surface area contributed by atoms with Gasteiger partial charge in [0, 0.05) is 31.6 Å². The van der Waals surface area contributed by atoms with Crippen LogP contribution in [0.5, 0.6) is 0 Å². The SMILES string of the molecule is CCCc1nc(C(C)(C)C)c(C(=O)N2CCNCC2)s1. The van der Waals surface area contributed by atoms with E-state index >= 15 is 0 Å². The Morgan fingerprint density at radius 1 is 1.35 bits per heavy atom. The minimum Gasteiger partial charge on any atom is -0.335 e. The molecule has 1 fully saturated rings. The van der Waals surface area contributed by atoms with E-state index in [0.717, 1.165) is 54.6 Å². The van der Waals surface area contributed by atoms with Gasteiger partial charge in [0.15, 0.2) is 0 Å². The zero-order valence-electron chi connectivity index (χ0n) is 13.0. The molecule has 1 N–H and O–H groups in total. The third-order valence-corrected chi connectivity index (χ3v) is 4.55. The van der Waals surface area contributed by atoms with Crippen molar-refractivity contribution in [2.45, 2.75) is 46.0 Å². The second-order valence-corrected chi connectivity index (χ2v) is 7.41. The van der Waals surface area contributed by atoms with Crippen molar-refractivity contribution in [3.63, 3.8) is 0 Å². The number of aryl methyl sites for hydroxylation is 1. The molecule has 4 nitrogen and oxygen atoms in total. The van der Waals surface area contributed by atoms with Crippen molar-refractivity contribution in [3.8, 4) is 0 Å². The molecule has 0 spiro atoms. The third kappa shape index (κ3) is 3.38. The predicted molar refractivity (Wildman–Crippen MR) is 83.6 cm³/mol. The number of amides is 1. The molecule has 2 heterocycles. The van der Waals surface area contributed by atoms with E-state index in [9.17, 15) is 4.79 Å². The van der Waals surface area contributed by atoms with Gasteiger partial charge in [0.05, 0.1) is 10.7 Å². The maximum Gasteiger partial charge on any atom is 0.265 e. The minimum absolute atomic E-state index is 0.0818. The molecule has 0 radical (unpaired) electrons. The highest BCUT2D eigenvalue weighted by Crippen LogP contribution is 2.31. The first-order chi connectivity index (χ1) is 9.43. The van der Waals surface area contributed by atoms with Gasteiger partial charge in [-0.25, -0.2) is 4.98 Å². The van der Waals surface area contributed by atoms with Gasteiger partial charge in [-0.3, -0.25) is 4.79 Å². The van der Waals surface area contributed by atoms with E-state index in [1.807, 2.05) is 4.90 Å². The van der Waals surface area contributed by atoms with Gasteiger partial charge in [0.25, 0.3) is 5.91 Å². The summed E-state index contributed by atoms with van der Waals surface area (Å²) in [6.07, 6.45) is 2.03. The van der Waals surface area contributed by atoms with Crippen molar-refractivity contribution in [3.05, 3.63) is 15.6 Å². The third-order valence-electron chi connectivity index (χ3n) is 3.44. The van der Waals surface area contributed by atoms with Gasteiger partial charge >= 0.3 is 0 Å². The molecule has 0 saturated carbocycles. The normalized spacial score (nSPS) is 16.5. The van der Waals surface area contributed by atoms with E-state index in [4.69, 9.17) is 4.98 Å². The first-order valence-corrected chi connectivity index (χ1v) is 8.25. The molecule has 0 aromatic carbocycles. The van der Waals surface area contributed by atoms with E-state index < -0.39 is 0 Å². The number of rotatable bonds is 3. The van der Waals surface area contributed by atoms with E-state index in [2.05, 4.69) is 33.0 Å². The molecule has 1 aliphatic rings. The number of nitrogens with one attached hydrogen (secondary N) is 1. The number of piperazine rings is 1. The minimum atomic E-state index is -0.0818. The lowest BCUT2D eigenvalue weighted by atomic mass is 9.91. The Morgan fingerprint density at radius 2 is 2.00 bits per heavy atom. The molecule has 112 valence electrons. The summed E-state index contributed by atoms with van der Waals surface area (Å²) in [6.45, 7) is 11.9. The predicted octanol–water partition coefficient (Wildman–Crippen LogP) is 2.44. The van der Waals surface area contributed by atoms with Crippen LogP contribution >= 0.6 is 11.3 Å². The molecular formula is C15H25N3OS. The molecule has 1 saturated heterocycles. The Hall–Kier alpha value is -0.940. The largest absolute Gasteiger partial charge is 0.335 e. The van der Waals surface area contributed by atoms with Crippen molar-refractivity contribution in [2.24, 2.45) is 0 Å². The molecule has 0 unspecified atom stereocenters. The summed E-state index contributed by atoms with van der Waals surface area (Å²) in [5, 5.41) is 4.38. The Balaban J connectivity index is 2.30. The number of carbonyl (C=O) groups is 1. The van der Waals surface area contributed by atoms with Crippen molar-refractivity contribution in [1.29, 1.82) is 0 Å². The number of hydrogen-bond donors (Lipinski definition) is 1. The first kappa shape index (κ1) is 15.4. The number of nitrogens with zero attached hydrogens (tertiary/aromatic N) is 2. The van der Waals surface area contributed by atoms with E-state index in [1.165, 1.54) is 0 Å². The van der Waals surface area contributed by atoms with Crippen LogP contribution in [0, 0.1) is 0 Å². The van der Waals surface area contributed by atoms with Gasteiger partial charge in [-0.1, -0.05) is 27.7 Å². The molecule has 0 aliphatic carbocycles. The molecule has 0 atom stereocenters. The summed E-state index contributed by atoms with van der Waals surface area (Å²) in [5.41, 5.74) is 0.885. The first-order valence-electron chi connectivity index (χ1n) is 7.43. The van der Waals surface area contributed by atoms with Crippen LogP contribution in [0.2, 0.25) is 0 Å². The van der Waals surface area contributed by atoms with Gasteiger partial charge in [0.1, 0.15) is 4.88 Å². The molecule has 1 aromatic rings. The smallest absolute Gasteiger partial charge is 0.265 e. The molecule has 2 rings (SSSR count). The lowest BCUT2D eigenvalue weighted by Gasteiger charge is -2.28. The summed E-state index contributed by atoms with van der Waals surface area (Å²) >= 11 is 1.59. The zero-order valence-corrected chi connectivity index (χ0v) is 13.8. The van der Waals surface area contributed by atoms with Crippen molar-refractivity contribution in [2.75, 3.05) is 26.2 Å². The van der Waals surface area contributed by atoms with Crippen LogP contribution in [0.3, 0.4) is 0 Å². The van der Waals surface area contributed by atoms with E-state index in [-0.39, 0.29) is 11.3 Å². The summed E-state index contributed by atoms with van der Waals surface area (Å²) in [4.78, 5) is 20.3. The molecule has 1 amide bonds. The van der Waals surface area contributed by atoms with Gasteiger partial charge in [0.2, 0.25) is 0 Å². The lowest BCUT2D eigenvalue weighted by Crippen LogP contribution is -2.46. The summed E-state index contributed by atoms with van der Waals surface area (Å²) < 4.78 is 0. The highest BCUT2D eigenvalue weighted by molar-refractivity contribution is 7.13. The van der Waals surface area contributed by atoms with Crippen molar-refractivity contribution in [1.82, 2.24) is 15.2 Å². The van der Waals surface area contributed by atoms with Gasteiger partial charge in [-0.05, 0) is 12.8 Å². The second-order valence-electron chi connectivity index (χ2n) is 6.33. The maximum atomic E-state index is 12.8. The van der Waals surface area contributed by atoms with Crippen LogP contribution in [-0.4, -0.2) is 42.0 Å². The highest BCUT2D eigenvalue weighted by atomic mass is 32.1. The average molecular weight is 295 g/mol. The number of aromatic nitrogens is 1. The highest BCUT2D eigenvalue weighted by Gasteiger charge is 2.29. The molecule has 20 heavy (non-hydrogen) atoms. The average Bonchev–Trinajstić information content (AvgIpc) is 2.83. The van der Waals surface area contributed by atoms with Crippen LogP contribution in [-0.2, 0) is 11.8 Å². The van der Waals surface area contributed by atoms with Gasteiger partial charge in [-0.2, -0.15) is 0 Å². The fourth-order valence-electron chi connectivity index (χ4n) is 2.35. The summed E-state index contributed by atoms with van der Waals surface area (Å²) in [6, 6.07) is 0. The fourth-order valence-corrected chi connectivity index (χ4v) is 3.69. The molecular weight excluding hydrogens is 270 g/mol. The standard InChI is InChI=1S/C15H25N3OS/c1-5-6-11-17-13(15(2,3)4)12(20-11)14(19)18-9-7-16-8-10-18/h16H,5-10H2,1-4H3. The van der Waals surface area contributed by atoms with Crippen LogP contribution in [0.4, 0.5) is 0 Å². The fraction of sp³-hybridized carbons (Fsp3) is 0.733. The number of hydrogen-bond acceptors (Lipinski definition) is 4. The van der Waals surface area contributed by atoms with Gasteiger partial charge in [-0.15, -0.1) is 11.3 Å². The quantitative estimate of drug-likeness (QED) is 0.931. The topological polar surface area (TPSA) is 45.2 Å². The molecule has 5 heteroatoms. The van der Waals surface area contributed by atoms with Crippen LogP contribution in [0.25, 0.3) is 0 Å². The second kappa shape index (κ2) is 6.22.